The van der Waals surface area contributed by atoms with Gasteiger partial charge in [0.2, 0.25) is 5.91 Å². The Labute approximate surface area is 209 Å². The summed E-state index contributed by atoms with van der Waals surface area (Å²) in [6, 6.07) is 15.1. The molecule has 184 valence electrons. The lowest BCUT2D eigenvalue weighted by atomic mass is 10.0. The van der Waals surface area contributed by atoms with Crippen LogP contribution in [-0.2, 0) is 14.3 Å². The van der Waals surface area contributed by atoms with Crippen molar-refractivity contribution in [2.45, 2.75) is 19.4 Å². The number of thioether (sulfide) groups is 1. The largest absolute Gasteiger partial charge is 0.379 e. The smallest absolute Gasteiger partial charge is 0.283 e. The second kappa shape index (κ2) is 11.2. The van der Waals surface area contributed by atoms with Crippen molar-refractivity contribution >= 4 is 40.5 Å². The number of ether oxygens (including phenoxy) is 1. The Morgan fingerprint density at radius 2 is 1.83 bits per heavy atom. The highest BCUT2D eigenvalue weighted by molar-refractivity contribution is 8.14. The first-order valence-corrected chi connectivity index (χ1v) is 12.5. The number of halogens is 1. The number of amidine groups is 1. The molecule has 0 unspecified atom stereocenters. The Balaban J connectivity index is 1.45. The molecule has 2 aromatic carbocycles. The van der Waals surface area contributed by atoms with Crippen LogP contribution in [0.1, 0.15) is 19.4 Å². The number of carbonyl (C=O) groups is 2. The lowest BCUT2D eigenvalue weighted by molar-refractivity contribution is -0.119. The summed E-state index contributed by atoms with van der Waals surface area (Å²) in [6.45, 7) is 7.75. The molecular formula is C26H29FN4O3S. The predicted octanol–water partition coefficient (Wildman–Crippen LogP) is 3.53. The normalized spacial score (nSPS) is 18.1. The molecule has 0 spiro atoms. The molecule has 1 N–H and O–H groups in total. The van der Waals surface area contributed by atoms with E-state index in [1.807, 2.05) is 30.3 Å². The van der Waals surface area contributed by atoms with Crippen LogP contribution in [0.4, 0.5) is 10.1 Å². The minimum absolute atomic E-state index is 0.0988. The maximum Gasteiger partial charge on any atom is 0.283 e. The zero-order valence-corrected chi connectivity index (χ0v) is 20.7. The van der Waals surface area contributed by atoms with Gasteiger partial charge in [-0.25, -0.2) is 9.38 Å². The van der Waals surface area contributed by atoms with E-state index in [9.17, 15) is 14.0 Å². The summed E-state index contributed by atoms with van der Waals surface area (Å²) in [7, 11) is 0. The molecule has 0 radical (unpaired) electrons. The van der Waals surface area contributed by atoms with Crippen molar-refractivity contribution in [2.24, 2.45) is 4.99 Å². The summed E-state index contributed by atoms with van der Waals surface area (Å²) >= 11 is 1.18. The molecule has 4 rings (SSSR count). The van der Waals surface area contributed by atoms with Crippen LogP contribution in [0.25, 0.3) is 6.08 Å². The molecule has 0 aliphatic carbocycles. The molecule has 0 bridgehead atoms. The van der Waals surface area contributed by atoms with Crippen molar-refractivity contribution in [2.75, 3.05) is 43.5 Å². The van der Waals surface area contributed by atoms with Crippen LogP contribution in [0.2, 0.25) is 0 Å². The average Bonchev–Trinajstić information content (AvgIpc) is 3.18. The molecule has 9 heteroatoms. The van der Waals surface area contributed by atoms with E-state index in [1.54, 1.807) is 6.08 Å². The molecule has 2 aliphatic heterocycles. The molecule has 2 aliphatic rings. The van der Waals surface area contributed by atoms with Gasteiger partial charge in [0.25, 0.3) is 5.91 Å². The Kier molecular flexibility index (Phi) is 8.00. The summed E-state index contributed by atoms with van der Waals surface area (Å²) in [6.07, 6.45) is 1.71. The summed E-state index contributed by atoms with van der Waals surface area (Å²) in [5.41, 5.74) is 1.40. The topological polar surface area (TPSA) is 74.2 Å². The average molecular weight is 497 g/mol. The SMILES string of the molecule is CC(C)(CNC(=O)CSC1=N/C(=C\c2ccccc2)C(=O)N1c1ccc(F)cc1)N1CCOCC1. The lowest BCUT2D eigenvalue weighted by Crippen LogP contribution is -2.55. The van der Waals surface area contributed by atoms with Gasteiger partial charge in [-0.3, -0.25) is 19.4 Å². The van der Waals surface area contributed by atoms with E-state index in [0.29, 0.717) is 30.6 Å². The van der Waals surface area contributed by atoms with Crippen LogP contribution in [-0.4, -0.2) is 66.0 Å². The molecule has 2 aromatic rings. The molecule has 1 saturated heterocycles. The maximum atomic E-state index is 13.5. The zero-order valence-electron chi connectivity index (χ0n) is 19.9. The van der Waals surface area contributed by atoms with E-state index in [1.165, 1.54) is 40.9 Å². The monoisotopic (exact) mass is 496 g/mol. The summed E-state index contributed by atoms with van der Waals surface area (Å²) in [5, 5.41) is 3.38. The molecular weight excluding hydrogens is 467 g/mol. The first-order valence-electron chi connectivity index (χ1n) is 11.5. The number of anilines is 1. The fourth-order valence-corrected chi connectivity index (χ4v) is 4.74. The fourth-order valence-electron chi connectivity index (χ4n) is 3.89. The van der Waals surface area contributed by atoms with E-state index >= 15 is 0 Å². The van der Waals surface area contributed by atoms with Gasteiger partial charge < -0.3 is 10.1 Å². The van der Waals surface area contributed by atoms with Crippen LogP contribution in [0.3, 0.4) is 0 Å². The third-order valence-corrected chi connectivity index (χ3v) is 6.87. The zero-order chi connectivity index (χ0) is 24.8. The Morgan fingerprint density at radius 1 is 1.14 bits per heavy atom. The van der Waals surface area contributed by atoms with Crippen LogP contribution >= 0.6 is 11.8 Å². The third-order valence-electron chi connectivity index (χ3n) is 5.94. The first kappa shape index (κ1) is 25.1. The molecule has 2 heterocycles. The van der Waals surface area contributed by atoms with Gasteiger partial charge >= 0.3 is 0 Å². The van der Waals surface area contributed by atoms with Crippen LogP contribution in [0, 0.1) is 5.82 Å². The first-order chi connectivity index (χ1) is 16.8. The number of benzene rings is 2. The molecule has 0 atom stereocenters. The highest BCUT2D eigenvalue weighted by atomic mass is 32.2. The fraction of sp³-hybridized carbons (Fsp3) is 0.346. The number of aliphatic imine (C=N–C) groups is 1. The molecule has 35 heavy (non-hydrogen) atoms. The van der Waals surface area contributed by atoms with Crippen molar-refractivity contribution in [1.82, 2.24) is 10.2 Å². The quantitative estimate of drug-likeness (QED) is 0.594. The van der Waals surface area contributed by atoms with Crippen LogP contribution < -0.4 is 10.2 Å². The van der Waals surface area contributed by atoms with Gasteiger partial charge in [-0.1, -0.05) is 42.1 Å². The van der Waals surface area contributed by atoms with E-state index in [-0.39, 0.29) is 28.8 Å². The Hall–Kier alpha value is -3.01. The van der Waals surface area contributed by atoms with Crippen molar-refractivity contribution in [3.05, 3.63) is 71.7 Å². The number of hydrogen-bond acceptors (Lipinski definition) is 6. The summed E-state index contributed by atoms with van der Waals surface area (Å²) in [5.74, 6) is -0.765. The third kappa shape index (κ3) is 6.36. The van der Waals surface area contributed by atoms with Gasteiger partial charge in [0.05, 0.1) is 24.7 Å². The van der Waals surface area contributed by atoms with Crippen molar-refractivity contribution in [1.29, 1.82) is 0 Å². The molecule has 1 fully saturated rings. The number of nitrogens with zero attached hydrogens (tertiary/aromatic N) is 3. The van der Waals surface area contributed by atoms with E-state index in [2.05, 4.69) is 29.1 Å². The highest BCUT2D eigenvalue weighted by Gasteiger charge is 2.33. The van der Waals surface area contributed by atoms with E-state index < -0.39 is 5.82 Å². The molecule has 0 aromatic heterocycles. The number of carbonyl (C=O) groups excluding carboxylic acids is 2. The Bertz CT molecular complexity index is 1110. The number of nitrogens with one attached hydrogen (secondary N) is 1. The molecule has 7 nitrogen and oxygen atoms in total. The number of morpholine rings is 1. The van der Waals surface area contributed by atoms with Gasteiger partial charge in [0.1, 0.15) is 11.5 Å². The second-order valence-corrected chi connectivity index (χ2v) is 9.87. The van der Waals surface area contributed by atoms with Crippen molar-refractivity contribution < 1.29 is 18.7 Å². The summed E-state index contributed by atoms with van der Waals surface area (Å²) in [4.78, 5) is 34.1. The standard InChI is InChI=1S/C26H29FN4O3S/c1-26(2,30-12-14-34-15-13-30)18-28-23(32)17-35-25-29-22(16-19-6-4-3-5-7-19)24(33)31(25)21-10-8-20(27)9-11-21/h3-11,16H,12-15,17-18H2,1-2H3,(H,28,32)/b22-16-. The molecule has 0 saturated carbocycles. The minimum Gasteiger partial charge on any atom is -0.379 e. The van der Waals surface area contributed by atoms with E-state index in [4.69, 9.17) is 4.74 Å². The summed E-state index contributed by atoms with van der Waals surface area (Å²) < 4.78 is 18.9. The minimum atomic E-state index is -0.395. The van der Waals surface area contributed by atoms with Gasteiger partial charge in [0, 0.05) is 25.2 Å². The second-order valence-electron chi connectivity index (χ2n) is 8.93. The number of amides is 2. The van der Waals surface area contributed by atoms with E-state index in [0.717, 1.165) is 18.7 Å². The number of hydrogen-bond donors (Lipinski definition) is 1. The Morgan fingerprint density at radius 3 is 2.51 bits per heavy atom. The molecule has 2 amide bonds. The number of rotatable bonds is 7. The van der Waals surface area contributed by atoms with Gasteiger partial charge in [-0.15, -0.1) is 0 Å². The van der Waals surface area contributed by atoms with Crippen LogP contribution in [0.15, 0.2) is 65.3 Å². The van der Waals surface area contributed by atoms with Crippen molar-refractivity contribution in [3.8, 4) is 0 Å². The van der Waals surface area contributed by atoms with Crippen molar-refractivity contribution in [3.63, 3.8) is 0 Å². The predicted molar refractivity (Wildman–Crippen MR) is 138 cm³/mol. The van der Waals surface area contributed by atoms with Gasteiger partial charge in [-0.05, 0) is 49.8 Å². The van der Waals surface area contributed by atoms with Gasteiger partial charge in [-0.2, -0.15) is 0 Å². The highest BCUT2D eigenvalue weighted by Crippen LogP contribution is 2.29. The van der Waals surface area contributed by atoms with Gasteiger partial charge in [0.15, 0.2) is 5.17 Å². The maximum absolute atomic E-state index is 13.5. The van der Waals surface area contributed by atoms with Crippen LogP contribution in [0.5, 0.6) is 0 Å². The lowest BCUT2D eigenvalue weighted by Gasteiger charge is -2.40.